The van der Waals surface area contributed by atoms with Gasteiger partial charge < -0.3 is 5.32 Å². The highest BCUT2D eigenvalue weighted by molar-refractivity contribution is 5.91. The Kier molecular flexibility index (Phi) is 5.41. The standard InChI is InChI=1S/C26H21N5O/c32-26(17-23(19-7-3-1-4-8-19)20-9-5-2-6-10-20)28-22-13-11-21(12-14-22)24-15-16-25-29-27-18-31(25)30-24/h1-16,18,23H,17H2,(H,28,32). The van der Waals surface area contributed by atoms with Gasteiger partial charge in [0, 0.05) is 23.6 Å². The Labute approximate surface area is 185 Å². The van der Waals surface area contributed by atoms with Gasteiger partial charge >= 0.3 is 0 Å². The molecular weight excluding hydrogens is 398 g/mol. The molecule has 32 heavy (non-hydrogen) atoms. The normalized spacial score (nSPS) is 11.0. The highest BCUT2D eigenvalue weighted by Crippen LogP contribution is 2.28. The molecule has 156 valence electrons. The first-order valence-electron chi connectivity index (χ1n) is 10.4. The molecule has 0 spiro atoms. The fourth-order valence-electron chi connectivity index (χ4n) is 3.80. The molecule has 0 unspecified atom stereocenters. The number of anilines is 1. The van der Waals surface area contributed by atoms with Crippen molar-refractivity contribution in [3.05, 3.63) is 115 Å². The van der Waals surface area contributed by atoms with Crippen LogP contribution in [0.2, 0.25) is 0 Å². The van der Waals surface area contributed by atoms with Crippen LogP contribution in [-0.4, -0.2) is 25.7 Å². The summed E-state index contributed by atoms with van der Waals surface area (Å²) >= 11 is 0. The first kappa shape index (κ1) is 19.6. The van der Waals surface area contributed by atoms with Crippen LogP contribution < -0.4 is 5.32 Å². The number of rotatable bonds is 6. The molecule has 0 aliphatic carbocycles. The van der Waals surface area contributed by atoms with E-state index in [1.165, 1.54) is 0 Å². The Morgan fingerprint density at radius 2 is 1.47 bits per heavy atom. The maximum Gasteiger partial charge on any atom is 0.225 e. The van der Waals surface area contributed by atoms with Crippen LogP contribution in [0.3, 0.4) is 0 Å². The molecule has 3 aromatic carbocycles. The number of nitrogens with zero attached hydrogens (tertiary/aromatic N) is 4. The lowest BCUT2D eigenvalue weighted by molar-refractivity contribution is -0.116. The molecule has 1 N–H and O–H groups in total. The molecule has 0 aliphatic heterocycles. The molecule has 2 heterocycles. The number of benzene rings is 3. The van der Waals surface area contributed by atoms with Gasteiger partial charge in [-0.2, -0.15) is 9.61 Å². The summed E-state index contributed by atoms with van der Waals surface area (Å²) in [4.78, 5) is 12.9. The largest absolute Gasteiger partial charge is 0.326 e. The van der Waals surface area contributed by atoms with E-state index in [1.54, 1.807) is 10.8 Å². The Morgan fingerprint density at radius 1 is 0.812 bits per heavy atom. The summed E-state index contributed by atoms with van der Waals surface area (Å²) in [5, 5.41) is 15.4. The van der Waals surface area contributed by atoms with Crippen LogP contribution >= 0.6 is 0 Å². The molecule has 6 nitrogen and oxygen atoms in total. The van der Waals surface area contributed by atoms with Gasteiger partial charge in [0.15, 0.2) is 5.65 Å². The number of aromatic nitrogens is 4. The molecule has 2 aromatic heterocycles. The molecule has 0 saturated heterocycles. The third kappa shape index (κ3) is 4.25. The summed E-state index contributed by atoms with van der Waals surface area (Å²) < 4.78 is 1.64. The minimum Gasteiger partial charge on any atom is -0.326 e. The lowest BCUT2D eigenvalue weighted by Crippen LogP contribution is -2.16. The van der Waals surface area contributed by atoms with E-state index in [2.05, 4.69) is 44.9 Å². The van der Waals surface area contributed by atoms with Crippen LogP contribution in [0.25, 0.3) is 16.9 Å². The lowest BCUT2D eigenvalue weighted by Gasteiger charge is -2.18. The van der Waals surface area contributed by atoms with E-state index in [4.69, 9.17) is 0 Å². The summed E-state index contributed by atoms with van der Waals surface area (Å²) in [5.41, 5.74) is 5.46. The molecular formula is C26H21N5O. The van der Waals surface area contributed by atoms with E-state index in [0.29, 0.717) is 12.1 Å². The van der Waals surface area contributed by atoms with Crippen molar-refractivity contribution in [3.63, 3.8) is 0 Å². The van der Waals surface area contributed by atoms with Crippen molar-refractivity contribution in [2.75, 3.05) is 5.32 Å². The van der Waals surface area contributed by atoms with Crippen molar-refractivity contribution < 1.29 is 4.79 Å². The van der Waals surface area contributed by atoms with Crippen LogP contribution in [0.15, 0.2) is 103 Å². The topological polar surface area (TPSA) is 72.2 Å². The van der Waals surface area contributed by atoms with E-state index in [1.807, 2.05) is 72.8 Å². The van der Waals surface area contributed by atoms with Crippen LogP contribution in [-0.2, 0) is 4.79 Å². The number of hydrogen-bond donors (Lipinski definition) is 1. The highest BCUT2D eigenvalue weighted by atomic mass is 16.1. The fraction of sp³-hybridized carbons (Fsp3) is 0.0769. The van der Waals surface area contributed by atoms with Crippen molar-refractivity contribution in [3.8, 4) is 11.3 Å². The smallest absolute Gasteiger partial charge is 0.225 e. The molecule has 1 amide bonds. The van der Waals surface area contributed by atoms with Gasteiger partial charge in [-0.25, -0.2) is 0 Å². The number of hydrogen-bond acceptors (Lipinski definition) is 4. The predicted octanol–water partition coefficient (Wildman–Crippen LogP) is 4.95. The number of carbonyl (C=O) groups is 1. The first-order valence-corrected chi connectivity index (χ1v) is 10.4. The van der Waals surface area contributed by atoms with E-state index in [0.717, 1.165) is 28.1 Å². The molecule has 6 heteroatoms. The third-order valence-electron chi connectivity index (χ3n) is 5.42. The van der Waals surface area contributed by atoms with Crippen molar-refractivity contribution in [2.24, 2.45) is 0 Å². The molecule has 5 aromatic rings. The molecule has 0 radical (unpaired) electrons. The zero-order valence-corrected chi connectivity index (χ0v) is 17.3. The number of fused-ring (bicyclic) bond motifs is 1. The average Bonchev–Trinajstić information content (AvgIpc) is 3.32. The van der Waals surface area contributed by atoms with Crippen LogP contribution in [0, 0.1) is 0 Å². The molecule has 0 bridgehead atoms. The Bertz CT molecular complexity index is 1290. The van der Waals surface area contributed by atoms with Crippen molar-refractivity contribution in [2.45, 2.75) is 12.3 Å². The molecule has 0 fully saturated rings. The van der Waals surface area contributed by atoms with E-state index < -0.39 is 0 Å². The summed E-state index contributed by atoms with van der Waals surface area (Å²) in [6.07, 6.45) is 1.94. The van der Waals surface area contributed by atoms with Gasteiger partial charge in [-0.3, -0.25) is 4.79 Å². The second-order valence-electron chi connectivity index (χ2n) is 7.56. The fourth-order valence-corrected chi connectivity index (χ4v) is 3.80. The number of nitrogens with one attached hydrogen (secondary N) is 1. The SMILES string of the molecule is O=C(CC(c1ccccc1)c1ccccc1)Nc1ccc(-c2ccc3nncn3n2)cc1. The van der Waals surface area contributed by atoms with Crippen LogP contribution in [0.1, 0.15) is 23.5 Å². The van der Waals surface area contributed by atoms with Crippen molar-refractivity contribution >= 4 is 17.2 Å². The Hall–Kier alpha value is -4.32. The Morgan fingerprint density at radius 3 is 2.12 bits per heavy atom. The zero-order valence-electron chi connectivity index (χ0n) is 17.3. The first-order chi connectivity index (χ1) is 15.8. The predicted molar refractivity (Wildman–Crippen MR) is 124 cm³/mol. The zero-order chi connectivity index (χ0) is 21.8. The van der Waals surface area contributed by atoms with Crippen molar-refractivity contribution in [1.29, 1.82) is 0 Å². The second-order valence-corrected chi connectivity index (χ2v) is 7.56. The average molecular weight is 419 g/mol. The minimum atomic E-state index is -0.0282. The Balaban J connectivity index is 1.31. The van der Waals surface area contributed by atoms with Gasteiger partial charge in [0.25, 0.3) is 0 Å². The minimum absolute atomic E-state index is 0.00334. The molecule has 0 atom stereocenters. The van der Waals surface area contributed by atoms with E-state index in [-0.39, 0.29) is 11.8 Å². The van der Waals surface area contributed by atoms with Gasteiger partial charge in [-0.1, -0.05) is 72.8 Å². The monoisotopic (exact) mass is 419 g/mol. The third-order valence-corrected chi connectivity index (χ3v) is 5.42. The van der Waals surface area contributed by atoms with E-state index >= 15 is 0 Å². The maximum absolute atomic E-state index is 12.9. The highest BCUT2D eigenvalue weighted by Gasteiger charge is 2.18. The van der Waals surface area contributed by atoms with Gasteiger partial charge in [0.1, 0.15) is 6.33 Å². The molecule has 0 aliphatic rings. The van der Waals surface area contributed by atoms with Gasteiger partial charge in [0.2, 0.25) is 5.91 Å². The van der Waals surface area contributed by atoms with Gasteiger partial charge in [0.05, 0.1) is 5.69 Å². The number of amides is 1. The number of carbonyl (C=O) groups excluding carboxylic acids is 1. The molecule has 0 saturated carbocycles. The summed E-state index contributed by atoms with van der Waals surface area (Å²) in [5.74, 6) is -0.0316. The van der Waals surface area contributed by atoms with E-state index in [9.17, 15) is 4.79 Å². The van der Waals surface area contributed by atoms with Crippen LogP contribution in [0.4, 0.5) is 5.69 Å². The molecule has 5 rings (SSSR count). The summed E-state index contributed by atoms with van der Waals surface area (Å²) in [6, 6.07) is 31.7. The second kappa shape index (κ2) is 8.81. The quantitative estimate of drug-likeness (QED) is 0.423. The lowest BCUT2D eigenvalue weighted by atomic mass is 9.88. The van der Waals surface area contributed by atoms with Crippen LogP contribution in [0.5, 0.6) is 0 Å². The summed E-state index contributed by atoms with van der Waals surface area (Å²) in [6.45, 7) is 0. The maximum atomic E-state index is 12.9. The summed E-state index contributed by atoms with van der Waals surface area (Å²) in [7, 11) is 0. The van der Waals surface area contributed by atoms with Crippen molar-refractivity contribution in [1.82, 2.24) is 19.8 Å². The van der Waals surface area contributed by atoms with Gasteiger partial charge in [-0.15, -0.1) is 10.2 Å². The van der Waals surface area contributed by atoms with Gasteiger partial charge in [-0.05, 0) is 35.4 Å².